The third-order valence-electron chi connectivity index (χ3n) is 5.50. The van der Waals surface area contributed by atoms with Crippen LogP contribution in [0.1, 0.15) is 33.6 Å². The number of carbonyl (C=O) groups excluding carboxylic acids is 2. The highest BCUT2D eigenvalue weighted by atomic mass is 79.9. The van der Waals surface area contributed by atoms with Crippen LogP contribution < -0.4 is 4.90 Å². The maximum atomic E-state index is 12.9. The van der Waals surface area contributed by atoms with Gasteiger partial charge in [-0.1, -0.05) is 36.7 Å². The van der Waals surface area contributed by atoms with Gasteiger partial charge in [-0.05, 0) is 42.5 Å². The van der Waals surface area contributed by atoms with Crippen LogP contribution in [0.3, 0.4) is 0 Å². The smallest absolute Gasteiger partial charge is 0.240 e. The van der Waals surface area contributed by atoms with Crippen molar-refractivity contribution >= 4 is 33.4 Å². The first-order valence-corrected chi connectivity index (χ1v) is 7.72. The van der Waals surface area contributed by atoms with E-state index < -0.39 is 5.41 Å². The fourth-order valence-corrected chi connectivity index (χ4v) is 3.92. The minimum Gasteiger partial charge on any atom is -0.274 e. The first kappa shape index (κ1) is 13.8. The van der Waals surface area contributed by atoms with Crippen molar-refractivity contribution in [1.82, 2.24) is 0 Å². The second-order valence-electron chi connectivity index (χ2n) is 6.60. The van der Waals surface area contributed by atoms with Gasteiger partial charge in [-0.15, -0.1) is 0 Å². The molecule has 3 nitrogen and oxygen atoms in total. The molecule has 2 amide bonds. The molecule has 0 spiro atoms. The van der Waals surface area contributed by atoms with Gasteiger partial charge in [0.2, 0.25) is 11.8 Å². The molecule has 0 radical (unpaired) electrons. The molecule has 1 heterocycles. The Morgan fingerprint density at radius 1 is 1.15 bits per heavy atom. The molecule has 20 heavy (non-hydrogen) atoms. The molecule has 3 rings (SSSR count). The fourth-order valence-electron chi connectivity index (χ4n) is 3.65. The molecule has 1 aliphatic heterocycles. The van der Waals surface area contributed by atoms with E-state index in [2.05, 4.69) is 29.8 Å². The van der Waals surface area contributed by atoms with E-state index in [0.717, 1.165) is 17.3 Å². The van der Waals surface area contributed by atoms with E-state index in [-0.39, 0.29) is 23.1 Å². The number of benzene rings is 1. The van der Waals surface area contributed by atoms with Crippen molar-refractivity contribution in [2.75, 3.05) is 4.90 Å². The van der Waals surface area contributed by atoms with Gasteiger partial charge < -0.3 is 0 Å². The van der Waals surface area contributed by atoms with Crippen LogP contribution in [-0.4, -0.2) is 11.8 Å². The molecule has 4 heteroatoms. The number of nitrogens with zero attached hydrogens (tertiary/aromatic N) is 1. The van der Waals surface area contributed by atoms with Crippen LogP contribution in [0.2, 0.25) is 0 Å². The fraction of sp³-hybridized carbons (Fsp3) is 0.500. The predicted molar refractivity (Wildman–Crippen MR) is 81.2 cm³/mol. The summed E-state index contributed by atoms with van der Waals surface area (Å²) >= 11 is 3.38. The third kappa shape index (κ3) is 1.57. The Labute approximate surface area is 127 Å². The lowest BCUT2D eigenvalue weighted by Crippen LogP contribution is -2.59. The van der Waals surface area contributed by atoms with Gasteiger partial charge in [0.05, 0.1) is 11.1 Å². The molecular weight excluding hydrogens is 318 g/mol. The van der Waals surface area contributed by atoms with Crippen molar-refractivity contribution in [2.24, 2.45) is 16.7 Å². The Morgan fingerprint density at radius 3 is 2.35 bits per heavy atom. The van der Waals surface area contributed by atoms with E-state index in [1.165, 1.54) is 4.90 Å². The first-order valence-electron chi connectivity index (χ1n) is 6.93. The molecule has 0 N–H and O–H groups in total. The van der Waals surface area contributed by atoms with Crippen molar-refractivity contribution in [2.45, 2.75) is 33.6 Å². The molecule has 1 aromatic rings. The Kier molecular flexibility index (Phi) is 2.88. The summed E-state index contributed by atoms with van der Waals surface area (Å²) in [5, 5.41) is 0. The van der Waals surface area contributed by atoms with Gasteiger partial charge in [0.1, 0.15) is 0 Å². The second-order valence-corrected chi connectivity index (χ2v) is 7.52. The summed E-state index contributed by atoms with van der Waals surface area (Å²) < 4.78 is 0.938. The van der Waals surface area contributed by atoms with Crippen LogP contribution in [0, 0.1) is 16.7 Å². The minimum absolute atomic E-state index is 0.0442. The highest BCUT2D eigenvalue weighted by Crippen LogP contribution is 2.60. The van der Waals surface area contributed by atoms with E-state index in [9.17, 15) is 9.59 Å². The molecule has 1 aromatic carbocycles. The average Bonchev–Trinajstić information content (AvgIpc) is 2.57. The number of rotatable bonds is 1. The summed E-state index contributed by atoms with van der Waals surface area (Å²) in [6.07, 6.45) is 1.60. The van der Waals surface area contributed by atoms with Crippen LogP contribution in [0.5, 0.6) is 0 Å². The SMILES string of the molecule is CC1(C)[C@H]2CC[C@@]1(C)C(=O)N(c1ccc(Br)cc1)C2=O. The summed E-state index contributed by atoms with van der Waals surface area (Å²) in [7, 11) is 0. The zero-order valence-electron chi connectivity index (χ0n) is 11.9. The van der Waals surface area contributed by atoms with E-state index in [1.54, 1.807) is 0 Å². The van der Waals surface area contributed by atoms with Crippen LogP contribution >= 0.6 is 15.9 Å². The molecule has 2 aliphatic rings. The third-order valence-corrected chi connectivity index (χ3v) is 6.03. The Bertz CT molecular complexity index is 593. The summed E-state index contributed by atoms with van der Waals surface area (Å²) in [5.41, 5.74) is -0.0251. The normalized spacial score (nSPS) is 31.8. The van der Waals surface area contributed by atoms with Gasteiger partial charge in [-0.25, -0.2) is 4.90 Å². The molecule has 1 aliphatic carbocycles. The maximum Gasteiger partial charge on any atom is 0.240 e. The maximum absolute atomic E-state index is 12.9. The molecule has 0 aromatic heterocycles. The van der Waals surface area contributed by atoms with Gasteiger partial charge in [0.15, 0.2) is 0 Å². The summed E-state index contributed by atoms with van der Waals surface area (Å²) in [6, 6.07) is 7.36. The molecule has 1 saturated heterocycles. The Balaban J connectivity index is 2.09. The van der Waals surface area contributed by atoms with E-state index in [1.807, 2.05) is 31.2 Å². The number of hydrogen-bond donors (Lipinski definition) is 0. The molecule has 2 bridgehead atoms. The summed E-state index contributed by atoms with van der Waals surface area (Å²) in [5.74, 6) is -0.158. The standard InChI is InChI=1S/C16H18BrNO2/c1-15(2)12-8-9-16(15,3)14(20)18(13(12)19)11-6-4-10(17)5-7-11/h4-7,12H,8-9H2,1-3H3/t12-,16-/m0/s1. The van der Waals surface area contributed by atoms with Crippen molar-refractivity contribution < 1.29 is 9.59 Å². The Hall–Kier alpha value is -1.16. The van der Waals surface area contributed by atoms with E-state index in [4.69, 9.17) is 0 Å². The topological polar surface area (TPSA) is 37.4 Å². The van der Waals surface area contributed by atoms with E-state index >= 15 is 0 Å². The first-order chi connectivity index (χ1) is 9.29. The van der Waals surface area contributed by atoms with Gasteiger partial charge in [0, 0.05) is 10.4 Å². The molecule has 1 saturated carbocycles. The van der Waals surface area contributed by atoms with Gasteiger partial charge in [-0.2, -0.15) is 0 Å². The van der Waals surface area contributed by atoms with Crippen LogP contribution in [0.25, 0.3) is 0 Å². The lowest BCUT2D eigenvalue weighted by atomic mass is 9.62. The van der Waals surface area contributed by atoms with Crippen molar-refractivity contribution in [3.63, 3.8) is 0 Å². The lowest BCUT2D eigenvalue weighted by Gasteiger charge is -2.47. The number of anilines is 1. The minimum atomic E-state index is -0.446. The summed E-state index contributed by atoms with van der Waals surface area (Å²) in [6.45, 7) is 6.12. The van der Waals surface area contributed by atoms with Crippen LogP contribution in [-0.2, 0) is 9.59 Å². The zero-order chi connectivity index (χ0) is 14.7. The Morgan fingerprint density at radius 2 is 1.75 bits per heavy atom. The van der Waals surface area contributed by atoms with Crippen molar-refractivity contribution in [1.29, 1.82) is 0 Å². The molecule has 2 fully saturated rings. The quantitative estimate of drug-likeness (QED) is 0.732. The number of piperidine rings is 1. The van der Waals surface area contributed by atoms with Crippen molar-refractivity contribution in [3.8, 4) is 0 Å². The second kappa shape index (κ2) is 4.17. The van der Waals surface area contributed by atoms with Gasteiger partial charge in [0.25, 0.3) is 0 Å². The van der Waals surface area contributed by atoms with Crippen LogP contribution in [0.15, 0.2) is 28.7 Å². The van der Waals surface area contributed by atoms with Gasteiger partial charge >= 0.3 is 0 Å². The molecular formula is C16H18BrNO2. The number of fused-ring (bicyclic) bond motifs is 2. The predicted octanol–water partition coefficient (Wildman–Crippen LogP) is 3.76. The van der Waals surface area contributed by atoms with Crippen molar-refractivity contribution in [3.05, 3.63) is 28.7 Å². The monoisotopic (exact) mass is 335 g/mol. The average molecular weight is 336 g/mol. The number of imide groups is 1. The lowest BCUT2D eigenvalue weighted by molar-refractivity contribution is -0.146. The number of amides is 2. The molecule has 0 unspecified atom stereocenters. The number of hydrogen-bond acceptors (Lipinski definition) is 2. The molecule has 106 valence electrons. The number of halogens is 1. The molecule has 2 atom stereocenters. The number of carbonyl (C=O) groups is 2. The highest BCUT2D eigenvalue weighted by Gasteiger charge is 2.64. The zero-order valence-corrected chi connectivity index (χ0v) is 13.5. The summed E-state index contributed by atoms with van der Waals surface area (Å²) in [4.78, 5) is 27.0. The van der Waals surface area contributed by atoms with Gasteiger partial charge in [-0.3, -0.25) is 9.59 Å². The highest BCUT2D eigenvalue weighted by molar-refractivity contribution is 9.10. The van der Waals surface area contributed by atoms with Crippen LogP contribution in [0.4, 0.5) is 5.69 Å². The largest absolute Gasteiger partial charge is 0.274 e. The van der Waals surface area contributed by atoms with E-state index in [0.29, 0.717) is 5.69 Å².